The van der Waals surface area contributed by atoms with Crippen molar-refractivity contribution in [2.45, 2.75) is 23.6 Å². The first-order valence-corrected chi connectivity index (χ1v) is 7.16. The van der Waals surface area contributed by atoms with Crippen LogP contribution in [0.25, 0.3) is 0 Å². The summed E-state index contributed by atoms with van der Waals surface area (Å²) in [6, 6.07) is 19.3. The second-order valence-corrected chi connectivity index (χ2v) is 6.27. The standard InChI is InChI=1S/C16H17NS/c1-12(2)16(13-8-4-3-5-9-13)17-14-10-6-7-11-15(14)18-16/h3-12,17H,1-2H3. The van der Waals surface area contributed by atoms with Crippen LogP contribution < -0.4 is 5.32 Å². The minimum atomic E-state index is -0.0368. The number of anilines is 1. The van der Waals surface area contributed by atoms with E-state index in [2.05, 4.69) is 73.8 Å². The molecule has 1 heterocycles. The van der Waals surface area contributed by atoms with Gasteiger partial charge in [0.2, 0.25) is 0 Å². The second-order valence-electron chi connectivity index (χ2n) is 4.98. The van der Waals surface area contributed by atoms with Gasteiger partial charge in [-0.05, 0) is 23.6 Å². The van der Waals surface area contributed by atoms with E-state index in [4.69, 9.17) is 0 Å². The van der Waals surface area contributed by atoms with Gasteiger partial charge in [-0.1, -0.05) is 68.1 Å². The molecule has 92 valence electrons. The van der Waals surface area contributed by atoms with Crippen LogP contribution in [0, 0.1) is 5.92 Å². The lowest BCUT2D eigenvalue weighted by molar-refractivity contribution is 0.504. The molecule has 0 aromatic heterocycles. The highest BCUT2D eigenvalue weighted by molar-refractivity contribution is 8.00. The molecule has 1 nitrogen and oxygen atoms in total. The quantitative estimate of drug-likeness (QED) is 0.833. The molecule has 0 saturated heterocycles. The third kappa shape index (κ3) is 1.72. The van der Waals surface area contributed by atoms with Gasteiger partial charge in [0.05, 0.1) is 0 Å². The lowest BCUT2D eigenvalue weighted by Gasteiger charge is -2.34. The third-order valence-corrected chi connectivity index (χ3v) is 5.20. The Bertz CT molecular complexity index is 523. The molecule has 1 atom stereocenters. The summed E-state index contributed by atoms with van der Waals surface area (Å²) < 4.78 is 0. The molecule has 0 saturated carbocycles. The highest BCUT2D eigenvalue weighted by Gasteiger charge is 2.41. The number of hydrogen-bond donors (Lipinski definition) is 1. The Labute approximate surface area is 113 Å². The summed E-state index contributed by atoms with van der Waals surface area (Å²) in [6.45, 7) is 4.55. The molecule has 0 fully saturated rings. The molecule has 0 amide bonds. The molecular formula is C16H17NS. The van der Waals surface area contributed by atoms with Crippen LogP contribution >= 0.6 is 11.8 Å². The number of para-hydroxylation sites is 1. The zero-order valence-electron chi connectivity index (χ0n) is 10.7. The fraction of sp³-hybridized carbons (Fsp3) is 0.250. The Morgan fingerprint density at radius 1 is 0.944 bits per heavy atom. The first-order chi connectivity index (χ1) is 8.72. The number of benzene rings is 2. The van der Waals surface area contributed by atoms with Crippen LogP contribution in [0.2, 0.25) is 0 Å². The molecule has 1 unspecified atom stereocenters. The fourth-order valence-electron chi connectivity index (χ4n) is 2.47. The van der Waals surface area contributed by atoms with Gasteiger partial charge in [-0.15, -0.1) is 0 Å². The van der Waals surface area contributed by atoms with Crippen molar-refractivity contribution in [2.24, 2.45) is 5.92 Å². The van der Waals surface area contributed by atoms with Crippen molar-refractivity contribution < 1.29 is 0 Å². The molecule has 1 aliphatic rings. The van der Waals surface area contributed by atoms with E-state index in [1.165, 1.54) is 16.1 Å². The topological polar surface area (TPSA) is 12.0 Å². The number of rotatable bonds is 2. The van der Waals surface area contributed by atoms with Crippen molar-refractivity contribution >= 4 is 17.4 Å². The number of nitrogens with one attached hydrogen (secondary N) is 1. The average Bonchev–Trinajstić information content (AvgIpc) is 2.80. The first-order valence-electron chi connectivity index (χ1n) is 6.34. The molecule has 1 N–H and O–H groups in total. The zero-order valence-corrected chi connectivity index (χ0v) is 11.5. The van der Waals surface area contributed by atoms with Gasteiger partial charge >= 0.3 is 0 Å². The van der Waals surface area contributed by atoms with Gasteiger partial charge in [0.25, 0.3) is 0 Å². The Hall–Kier alpha value is -1.41. The number of hydrogen-bond acceptors (Lipinski definition) is 2. The van der Waals surface area contributed by atoms with E-state index in [9.17, 15) is 0 Å². The van der Waals surface area contributed by atoms with Crippen molar-refractivity contribution in [3.63, 3.8) is 0 Å². The molecular weight excluding hydrogens is 238 g/mol. The maximum Gasteiger partial charge on any atom is 0.116 e. The largest absolute Gasteiger partial charge is 0.366 e. The van der Waals surface area contributed by atoms with Crippen molar-refractivity contribution in [3.8, 4) is 0 Å². The van der Waals surface area contributed by atoms with Crippen LogP contribution in [0.5, 0.6) is 0 Å². The minimum absolute atomic E-state index is 0.0368. The summed E-state index contributed by atoms with van der Waals surface area (Å²) in [5, 5.41) is 3.73. The van der Waals surface area contributed by atoms with Crippen LogP contribution in [0.15, 0.2) is 59.5 Å². The van der Waals surface area contributed by atoms with Gasteiger partial charge in [-0.3, -0.25) is 0 Å². The summed E-state index contributed by atoms with van der Waals surface area (Å²) in [5.74, 6) is 0.511. The summed E-state index contributed by atoms with van der Waals surface area (Å²) in [4.78, 5) is 1.31. The monoisotopic (exact) mass is 255 g/mol. The number of thioether (sulfide) groups is 1. The zero-order chi connectivity index (χ0) is 12.6. The van der Waals surface area contributed by atoms with Gasteiger partial charge in [0.1, 0.15) is 4.87 Å². The fourth-order valence-corrected chi connectivity index (χ4v) is 3.84. The summed E-state index contributed by atoms with van der Waals surface area (Å²) in [6.07, 6.45) is 0. The average molecular weight is 255 g/mol. The lowest BCUT2D eigenvalue weighted by atomic mass is 9.95. The molecule has 0 radical (unpaired) electrons. The predicted octanol–water partition coefficient (Wildman–Crippen LogP) is 4.71. The van der Waals surface area contributed by atoms with E-state index >= 15 is 0 Å². The molecule has 0 bridgehead atoms. The Morgan fingerprint density at radius 2 is 1.61 bits per heavy atom. The van der Waals surface area contributed by atoms with Crippen LogP contribution in [0.1, 0.15) is 19.4 Å². The smallest absolute Gasteiger partial charge is 0.116 e. The van der Waals surface area contributed by atoms with Gasteiger partial charge < -0.3 is 5.32 Å². The predicted molar refractivity (Wildman–Crippen MR) is 78.9 cm³/mol. The van der Waals surface area contributed by atoms with Crippen molar-refractivity contribution in [3.05, 3.63) is 60.2 Å². The van der Waals surface area contributed by atoms with Gasteiger partial charge in [0.15, 0.2) is 0 Å². The molecule has 3 rings (SSSR count). The van der Waals surface area contributed by atoms with E-state index in [1.807, 2.05) is 11.8 Å². The van der Waals surface area contributed by atoms with Crippen molar-refractivity contribution in [1.29, 1.82) is 0 Å². The molecule has 1 aliphatic heterocycles. The van der Waals surface area contributed by atoms with Gasteiger partial charge in [-0.2, -0.15) is 0 Å². The maximum atomic E-state index is 3.73. The second kappa shape index (κ2) is 4.36. The normalized spacial score (nSPS) is 21.7. The van der Waals surface area contributed by atoms with Crippen LogP contribution in [-0.4, -0.2) is 0 Å². The third-order valence-electron chi connectivity index (χ3n) is 3.49. The Kier molecular flexibility index (Phi) is 2.83. The van der Waals surface area contributed by atoms with Gasteiger partial charge in [-0.25, -0.2) is 0 Å². The van der Waals surface area contributed by atoms with E-state index in [1.54, 1.807) is 0 Å². The summed E-state index contributed by atoms with van der Waals surface area (Å²) in [7, 11) is 0. The van der Waals surface area contributed by atoms with Crippen molar-refractivity contribution in [1.82, 2.24) is 0 Å². The molecule has 0 spiro atoms. The van der Waals surface area contributed by atoms with Crippen LogP contribution in [0.3, 0.4) is 0 Å². The van der Waals surface area contributed by atoms with Gasteiger partial charge in [0, 0.05) is 10.6 Å². The minimum Gasteiger partial charge on any atom is -0.366 e. The lowest BCUT2D eigenvalue weighted by Crippen LogP contribution is -2.34. The summed E-state index contributed by atoms with van der Waals surface area (Å²) in [5.41, 5.74) is 2.60. The highest BCUT2D eigenvalue weighted by atomic mass is 32.2. The van der Waals surface area contributed by atoms with Crippen molar-refractivity contribution in [2.75, 3.05) is 5.32 Å². The van der Waals surface area contributed by atoms with Crippen LogP contribution in [0.4, 0.5) is 5.69 Å². The molecule has 18 heavy (non-hydrogen) atoms. The first kappa shape index (κ1) is 11.7. The molecule has 2 heteroatoms. The maximum absolute atomic E-state index is 3.73. The summed E-state index contributed by atoms with van der Waals surface area (Å²) >= 11 is 1.93. The number of fused-ring (bicyclic) bond motifs is 1. The van der Waals surface area contributed by atoms with E-state index in [0.717, 1.165) is 0 Å². The van der Waals surface area contributed by atoms with Crippen LogP contribution in [-0.2, 0) is 4.87 Å². The molecule has 2 aromatic rings. The highest BCUT2D eigenvalue weighted by Crippen LogP contribution is 2.54. The Balaban J connectivity index is 2.08. The van der Waals surface area contributed by atoms with E-state index in [-0.39, 0.29) is 4.87 Å². The molecule has 0 aliphatic carbocycles. The SMILES string of the molecule is CC(C)C1(c2ccccc2)Nc2ccccc2S1. The van der Waals surface area contributed by atoms with E-state index in [0.29, 0.717) is 5.92 Å². The molecule has 2 aromatic carbocycles. The Morgan fingerprint density at radius 3 is 2.28 bits per heavy atom. The van der Waals surface area contributed by atoms with E-state index < -0.39 is 0 Å².